The molecule has 0 aliphatic heterocycles. The van der Waals surface area contributed by atoms with Gasteiger partial charge < -0.3 is 15.9 Å². The number of phenolic OH excluding ortho intramolecular Hbond substituents is 1. The van der Waals surface area contributed by atoms with Crippen LogP contribution in [0.2, 0.25) is 0 Å². The maximum atomic E-state index is 9.74. The van der Waals surface area contributed by atoms with Gasteiger partial charge in [0.25, 0.3) is 0 Å². The summed E-state index contributed by atoms with van der Waals surface area (Å²) in [5.41, 5.74) is 6.94. The molecule has 3 nitrogen and oxygen atoms in total. The number of hydrogen-bond donors (Lipinski definition) is 3. The van der Waals surface area contributed by atoms with Gasteiger partial charge in [0, 0.05) is 16.1 Å². The van der Waals surface area contributed by atoms with Gasteiger partial charge in [-0.15, -0.1) is 0 Å². The van der Waals surface area contributed by atoms with E-state index in [2.05, 4.69) is 15.9 Å². The van der Waals surface area contributed by atoms with E-state index in [1.807, 2.05) is 13.0 Å². The predicted molar refractivity (Wildman–Crippen MR) is 59.2 cm³/mol. The van der Waals surface area contributed by atoms with Gasteiger partial charge in [-0.05, 0) is 31.5 Å². The Bertz CT molecular complexity index is 316. The minimum Gasteiger partial charge on any atom is -0.508 e. The number of aryl methyl sites for hydroxylation is 1. The van der Waals surface area contributed by atoms with Gasteiger partial charge in [-0.2, -0.15) is 0 Å². The van der Waals surface area contributed by atoms with Crippen LogP contribution in [-0.2, 0) is 0 Å². The third-order valence-electron chi connectivity index (χ3n) is 2.05. The number of aliphatic hydroxyl groups excluding tert-OH is 1. The average Bonchev–Trinajstić information content (AvgIpc) is 2.01. The van der Waals surface area contributed by atoms with Crippen molar-refractivity contribution in [3.05, 3.63) is 27.7 Å². The van der Waals surface area contributed by atoms with Crippen molar-refractivity contribution < 1.29 is 10.2 Å². The molecule has 0 bridgehead atoms. The van der Waals surface area contributed by atoms with E-state index in [1.54, 1.807) is 13.0 Å². The molecule has 1 aromatic carbocycles. The van der Waals surface area contributed by atoms with Gasteiger partial charge in [-0.25, -0.2) is 0 Å². The topological polar surface area (TPSA) is 66.5 Å². The molecule has 0 saturated heterocycles. The summed E-state index contributed by atoms with van der Waals surface area (Å²) in [6.45, 7) is 3.56. The highest BCUT2D eigenvalue weighted by molar-refractivity contribution is 9.10. The maximum absolute atomic E-state index is 9.74. The maximum Gasteiger partial charge on any atom is 0.122 e. The number of nitrogens with two attached hydrogens (primary N) is 1. The first-order valence-corrected chi connectivity index (χ1v) is 5.15. The minimum absolute atomic E-state index is 0.0710. The lowest BCUT2D eigenvalue weighted by Gasteiger charge is -2.18. The first-order chi connectivity index (χ1) is 6.43. The number of aromatic hydroxyl groups is 1. The molecule has 0 spiro atoms. The van der Waals surface area contributed by atoms with Crippen molar-refractivity contribution >= 4 is 15.9 Å². The van der Waals surface area contributed by atoms with E-state index in [-0.39, 0.29) is 5.75 Å². The second kappa shape index (κ2) is 4.29. The highest BCUT2D eigenvalue weighted by atomic mass is 79.9. The summed E-state index contributed by atoms with van der Waals surface area (Å²) >= 11 is 3.29. The summed E-state index contributed by atoms with van der Waals surface area (Å²) in [7, 11) is 0. The first-order valence-electron chi connectivity index (χ1n) is 4.36. The molecule has 4 heteroatoms. The van der Waals surface area contributed by atoms with Crippen LogP contribution in [0, 0.1) is 6.92 Å². The van der Waals surface area contributed by atoms with E-state index in [0.717, 1.165) is 5.56 Å². The minimum atomic E-state index is -0.857. The average molecular weight is 260 g/mol. The fourth-order valence-electron chi connectivity index (χ4n) is 1.29. The fraction of sp³-hybridized carbons (Fsp3) is 0.400. The SMILES string of the molecule is Cc1cc(O)c(C(O)C(C)N)c(Br)c1. The van der Waals surface area contributed by atoms with Crippen molar-refractivity contribution in [1.82, 2.24) is 0 Å². The molecular formula is C10H14BrNO2. The lowest BCUT2D eigenvalue weighted by molar-refractivity contribution is 0.149. The summed E-state index contributed by atoms with van der Waals surface area (Å²) in [4.78, 5) is 0. The summed E-state index contributed by atoms with van der Waals surface area (Å²) in [5.74, 6) is 0.0710. The molecule has 0 fully saturated rings. The van der Waals surface area contributed by atoms with Crippen LogP contribution < -0.4 is 5.73 Å². The first kappa shape index (κ1) is 11.5. The third-order valence-corrected chi connectivity index (χ3v) is 2.70. The highest BCUT2D eigenvalue weighted by Gasteiger charge is 2.19. The number of halogens is 1. The van der Waals surface area contributed by atoms with E-state index in [4.69, 9.17) is 5.73 Å². The van der Waals surface area contributed by atoms with Crippen molar-refractivity contribution in [2.75, 3.05) is 0 Å². The quantitative estimate of drug-likeness (QED) is 0.760. The molecule has 4 N–H and O–H groups in total. The normalized spacial score (nSPS) is 15.2. The van der Waals surface area contributed by atoms with Gasteiger partial charge in [0.15, 0.2) is 0 Å². The summed E-state index contributed by atoms with van der Waals surface area (Å²) in [5, 5.41) is 19.4. The Morgan fingerprint density at radius 2 is 2.00 bits per heavy atom. The van der Waals surface area contributed by atoms with Gasteiger partial charge in [-0.1, -0.05) is 15.9 Å². The zero-order valence-corrected chi connectivity index (χ0v) is 9.75. The summed E-state index contributed by atoms with van der Waals surface area (Å²) in [6.07, 6.45) is -0.857. The monoisotopic (exact) mass is 259 g/mol. The van der Waals surface area contributed by atoms with Crippen LogP contribution in [-0.4, -0.2) is 16.3 Å². The number of aliphatic hydroxyl groups is 1. The van der Waals surface area contributed by atoms with Crippen LogP contribution in [0.15, 0.2) is 16.6 Å². The lowest BCUT2D eigenvalue weighted by Crippen LogP contribution is -2.24. The highest BCUT2D eigenvalue weighted by Crippen LogP contribution is 2.34. The van der Waals surface area contributed by atoms with Crippen molar-refractivity contribution in [2.45, 2.75) is 26.0 Å². The molecule has 78 valence electrons. The van der Waals surface area contributed by atoms with E-state index in [1.165, 1.54) is 0 Å². The standard InChI is InChI=1S/C10H14BrNO2/c1-5-3-7(11)9(8(13)4-5)10(14)6(2)12/h3-4,6,10,13-14H,12H2,1-2H3. The van der Waals surface area contributed by atoms with Gasteiger partial charge >= 0.3 is 0 Å². The molecule has 1 aromatic rings. The van der Waals surface area contributed by atoms with Crippen LogP contribution in [0.4, 0.5) is 0 Å². The van der Waals surface area contributed by atoms with Crippen LogP contribution in [0.5, 0.6) is 5.75 Å². The Balaban J connectivity index is 3.20. The molecule has 0 aliphatic carbocycles. The third kappa shape index (κ3) is 2.26. The zero-order chi connectivity index (χ0) is 10.9. The van der Waals surface area contributed by atoms with Crippen LogP contribution >= 0.6 is 15.9 Å². The van der Waals surface area contributed by atoms with Crippen molar-refractivity contribution in [3.63, 3.8) is 0 Å². The number of benzene rings is 1. The molecule has 0 aliphatic rings. The second-order valence-electron chi connectivity index (χ2n) is 3.48. The Kier molecular flexibility index (Phi) is 3.53. The predicted octanol–water partition coefficient (Wildman–Crippen LogP) is 1.84. The number of hydrogen-bond acceptors (Lipinski definition) is 3. The fourth-order valence-corrected chi connectivity index (χ4v) is 2.09. The Labute approximate surface area is 91.7 Å². The van der Waals surface area contributed by atoms with Gasteiger partial charge in [0.2, 0.25) is 0 Å². The molecule has 0 amide bonds. The van der Waals surface area contributed by atoms with E-state index >= 15 is 0 Å². The number of phenols is 1. The molecule has 14 heavy (non-hydrogen) atoms. The van der Waals surface area contributed by atoms with Crippen molar-refractivity contribution in [1.29, 1.82) is 0 Å². The van der Waals surface area contributed by atoms with E-state index < -0.39 is 12.1 Å². The van der Waals surface area contributed by atoms with Gasteiger partial charge in [0.05, 0.1) is 6.10 Å². The molecular weight excluding hydrogens is 246 g/mol. The summed E-state index contributed by atoms with van der Waals surface area (Å²) < 4.78 is 0.680. The van der Waals surface area contributed by atoms with E-state index in [9.17, 15) is 10.2 Å². The second-order valence-corrected chi connectivity index (χ2v) is 4.34. The Hall–Kier alpha value is -0.580. The Morgan fingerprint density at radius 3 is 2.43 bits per heavy atom. The largest absolute Gasteiger partial charge is 0.508 e. The molecule has 0 saturated carbocycles. The molecule has 0 radical (unpaired) electrons. The summed E-state index contributed by atoms with van der Waals surface area (Å²) in [6, 6.07) is 3.02. The zero-order valence-electron chi connectivity index (χ0n) is 8.16. The molecule has 0 heterocycles. The van der Waals surface area contributed by atoms with Gasteiger partial charge in [-0.3, -0.25) is 0 Å². The Morgan fingerprint density at radius 1 is 1.43 bits per heavy atom. The number of rotatable bonds is 2. The molecule has 2 unspecified atom stereocenters. The van der Waals surface area contributed by atoms with Crippen LogP contribution in [0.25, 0.3) is 0 Å². The smallest absolute Gasteiger partial charge is 0.122 e. The molecule has 0 aromatic heterocycles. The van der Waals surface area contributed by atoms with Gasteiger partial charge in [0.1, 0.15) is 5.75 Å². The van der Waals surface area contributed by atoms with E-state index in [0.29, 0.717) is 10.0 Å². The van der Waals surface area contributed by atoms with Crippen LogP contribution in [0.1, 0.15) is 24.2 Å². The molecule has 2 atom stereocenters. The van der Waals surface area contributed by atoms with Crippen molar-refractivity contribution in [3.8, 4) is 5.75 Å². The molecule has 1 rings (SSSR count). The lowest BCUT2D eigenvalue weighted by atomic mass is 10.0. The van der Waals surface area contributed by atoms with Crippen LogP contribution in [0.3, 0.4) is 0 Å². The van der Waals surface area contributed by atoms with Crippen molar-refractivity contribution in [2.24, 2.45) is 5.73 Å².